The number of fused-ring (bicyclic) bond motifs is 1. The second-order valence-electron chi connectivity index (χ2n) is 6.56. The minimum Gasteiger partial charge on any atom is -0.350 e. The number of carbonyl (C=O) groups is 1. The molecule has 2 heterocycles. The van der Waals surface area contributed by atoms with Crippen molar-refractivity contribution in [3.63, 3.8) is 0 Å². The third-order valence-electron chi connectivity index (χ3n) is 4.20. The number of nitrogens with one attached hydrogen (secondary N) is 1. The van der Waals surface area contributed by atoms with E-state index in [0.29, 0.717) is 0 Å². The van der Waals surface area contributed by atoms with E-state index in [-0.39, 0.29) is 5.91 Å². The maximum atomic E-state index is 12.3. The number of aromatic nitrogens is 3. The molecule has 0 aliphatic rings. The van der Waals surface area contributed by atoms with E-state index < -0.39 is 5.54 Å². The van der Waals surface area contributed by atoms with E-state index in [2.05, 4.69) is 27.1 Å². The van der Waals surface area contributed by atoms with Crippen molar-refractivity contribution >= 4 is 22.9 Å². The van der Waals surface area contributed by atoms with Crippen LogP contribution < -0.4 is 5.32 Å². The lowest BCUT2D eigenvalue weighted by molar-refractivity contribution is -0.118. The number of benzene rings is 1. The van der Waals surface area contributed by atoms with Gasteiger partial charge in [0.05, 0.1) is 11.7 Å². The normalized spacial score (nSPS) is 12.2. The molecule has 2 aromatic heterocycles. The van der Waals surface area contributed by atoms with Gasteiger partial charge in [0.1, 0.15) is 0 Å². The molecule has 0 saturated carbocycles. The lowest BCUT2D eigenvalue weighted by Gasteiger charge is -2.24. The largest absolute Gasteiger partial charge is 0.350 e. The van der Waals surface area contributed by atoms with Gasteiger partial charge in [-0.25, -0.2) is 0 Å². The maximum Gasteiger partial charge on any atom is 0.244 e. The van der Waals surface area contributed by atoms with Crippen molar-refractivity contribution in [1.82, 2.24) is 19.7 Å². The van der Waals surface area contributed by atoms with Crippen molar-refractivity contribution in [3.05, 3.63) is 60.1 Å². The first kappa shape index (κ1) is 16.1. The van der Waals surface area contributed by atoms with Gasteiger partial charge in [-0.15, -0.1) is 0 Å². The summed E-state index contributed by atoms with van der Waals surface area (Å²) in [5, 5.41) is 8.33. The minimum atomic E-state index is -0.478. The lowest BCUT2D eigenvalue weighted by atomic mass is 9.98. The summed E-state index contributed by atoms with van der Waals surface area (Å²) >= 11 is 0. The Morgan fingerprint density at radius 2 is 1.96 bits per heavy atom. The van der Waals surface area contributed by atoms with Gasteiger partial charge < -0.3 is 9.88 Å². The molecule has 124 valence electrons. The van der Waals surface area contributed by atoms with Crippen LogP contribution in [0.15, 0.2) is 48.9 Å². The summed E-state index contributed by atoms with van der Waals surface area (Å²) in [4.78, 5) is 12.3. The van der Waals surface area contributed by atoms with Crippen LogP contribution in [0.3, 0.4) is 0 Å². The Hall–Kier alpha value is -2.82. The zero-order valence-corrected chi connectivity index (χ0v) is 14.4. The molecule has 0 atom stereocenters. The number of aryl methyl sites for hydroxylation is 2. The summed E-state index contributed by atoms with van der Waals surface area (Å²) in [6.45, 7) is 3.93. The van der Waals surface area contributed by atoms with Crippen LogP contribution in [0.4, 0.5) is 0 Å². The predicted molar refractivity (Wildman–Crippen MR) is 96.3 cm³/mol. The Morgan fingerprint density at radius 3 is 2.67 bits per heavy atom. The maximum absolute atomic E-state index is 12.3. The fourth-order valence-corrected chi connectivity index (χ4v) is 2.84. The van der Waals surface area contributed by atoms with Crippen LogP contribution in [-0.2, 0) is 24.4 Å². The third-order valence-corrected chi connectivity index (χ3v) is 4.20. The summed E-state index contributed by atoms with van der Waals surface area (Å²) in [5.41, 5.74) is 2.67. The fourth-order valence-electron chi connectivity index (χ4n) is 2.84. The molecule has 5 heteroatoms. The Bertz CT molecular complexity index is 914. The van der Waals surface area contributed by atoms with Gasteiger partial charge in [-0.1, -0.05) is 18.2 Å². The van der Waals surface area contributed by atoms with E-state index in [1.54, 1.807) is 17.0 Å². The SMILES string of the molecule is Cn1cc(C(C)(C)NC(=O)/C=C/c2cn(C)c3ccccc23)cn1. The van der Waals surface area contributed by atoms with Crippen LogP contribution in [0.2, 0.25) is 0 Å². The minimum absolute atomic E-state index is 0.128. The van der Waals surface area contributed by atoms with Crippen molar-refractivity contribution < 1.29 is 4.79 Å². The molecule has 0 spiro atoms. The first-order valence-electron chi connectivity index (χ1n) is 7.90. The number of hydrogen-bond donors (Lipinski definition) is 1. The second-order valence-corrected chi connectivity index (χ2v) is 6.56. The fraction of sp³-hybridized carbons (Fsp3) is 0.263. The predicted octanol–water partition coefficient (Wildman–Crippen LogP) is 2.98. The van der Waals surface area contributed by atoms with Gasteiger partial charge in [0.2, 0.25) is 5.91 Å². The Kier molecular flexibility index (Phi) is 4.01. The summed E-state index contributed by atoms with van der Waals surface area (Å²) in [6, 6.07) is 8.15. The highest BCUT2D eigenvalue weighted by molar-refractivity contribution is 5.96. The highest BCUT2D eigenvalue weighted by Gasteiger charge is 2.23. The molecule has 1 amide bonds. The number of nitrogens with zero attached hydrogens (tertiary/aromatic N) is 3. The Balaban J connectivity index is 1.77. The number of para-hydroxylation sites is 1. The Morgan fingerprint density at radius 1 is 1.21 bits per heavy atom. The summed E-state index contributed by atoms with van der Waals surface area (Å²) < 4.78 is 3.79. The van der Waals surface area contributed by atoms with Crippen molar-refractivity contribution in [2.45, 2.75) is 19.4 Å². The van der Waals surface area contributed by atoms with Gasteiger partial charge in [0.15, 0.2) is 0 Å². The summed E-state index contributed by atoms with van der Waals surface area (Å²) in [7, 11) is 3.87. The molecule has 0 radical (unpaired) electrons. The molecular weight excluding hydrogens is 300 g/mol. The molecule has 0 aliphatic heterocycles. The average molecular weight is 322 g/mol. The van der Waals surface area contributed by atoms with E-state index >= 15 is 0 Å². The highest BCUT2D eigenvalue weighted by atomic mass is 16.1. The number of amides is 1. The van der Waals surface area contributed by atoms with E-state index in [4.69, 9.17) is 0 Å². The van der Waals surface area contributed by atoms with Gasteiger partial charge in [-0.3, -0.25) is 9.48 Å². The molecule has 0 bridgehead atoms. The topological polar surface area (TPSA) is 51.9 Å². The van der Waals surface area contributed by atoms with Crippen molar-refractivity contribution in [2.24, 2.45) is 14.1 Å². The monoisotopic (exact) mass is 322 g/mol. The van der Waals surface area contributed by atoms with Crippen LogP contribution in [-0.4, -0.2) is 20.3 Å². The van der Waals surface area contributed by atoms with Crippen LogP contribution in [0, 0.1) is 0 Å². The van der Waals surface area contributed by atoms with Crippen molar-refractivity contribution in [3.8, 4) is 0 Å². The smallest absolute Gasteiger partial charge is 0.244 e. The van der Waals surface area contributed by atoms with Crippen molar-refractivity contribution in [2.75, 3.05) is 0 Å². The molecular formula is C19H22N4O. The summed E-state index contributed by atoms with van der Waals surface area (Å²) in [6.07, 6.45) is 9.15. The second kappa shape index (κ2) is 6.00. The van der Waals surface area contributed by atoms with Crippen LogP contribution in [0.1, 0.15) is 25.0 Å². The van der Waals surface area contributed by atoms with E-state index in [0.717, 1.165) is 22.0 Å². The third kappa shape index (κ3) is 3.11. The quantitative estimate of drug-likeness (QED) is 0.751. The molecule has 0 fully saturated rings. The van der Waals surface area contributed by atoms with E-state index in [1.807, 2.05) is 58.5 Å². The number of hydrogen-bond acceptors (Lipinski definition) is 2. The van der Waals surface area contributed by atoms with Crippen LogP contribution in [0.5, 0.6) is 0 Å². The lowest BCUT2D eigenvalue weighted by Crippen LogP contribution is -2.39. The molecule has 3 aromatic rings. The molecule has 24 heavy (non-hydrogen) atoms. The van der Waals surface area contributed by atoms with E-state index in [9.17, 15) is 4.79 Å². The zero-order chi connectivity index (χ0) is 17.3. The van der Waals surface area contributed by atoms with Gasteiger partial charge in [0.25, 0.3) is 0 Å². The van der Waals surface area contributed by atoms with Crippen LogP contribution in [0.25, 0.3) is 17.0 Å². The Labute approximate surface area is 141 Å². The molecule has 1 aromatic carbocycles. The van der Waals surface area contributed by atoms with E-state index in [1.165, 1.54) is 0 Å². The molecule has 0 unspecified atom stereocenters. The van der Waals surface area contributed by atoms with Gasteiger partial charge in [0, 0.05) is 54.6 Å². The number of carbonyl (C=O) groups excluding carboxylic acids is 1. The van der Waals surface area contributed by atoms with Gasteiger partial charge >= 0.3 is 0 Å². The standard InChI is InChI=1S/C19H22N4O/c1-19(2,15-11-20-23(4)13-15)21-18(24)10-9-14-12-22(3)17-8-6-5-7-16(14)17/h5-13H,1-4H3,(H,21,24)/b10-9+. The highest BCUT2D eigenvalue weighted by Crippen LogP contribution is 2.22. The van der Waals surface area contributed by atoms with Gasteiger partial charge in [-0.2, -0.15) is 5.10 Å². The summed E-state index contributed by atoms with van der Waals surface area (Å²) in [5.74, 6) is -0.128. The molecule has 5 nitrogen and oxygen atoms in total. The molecule has 0 saturated heterocycles. The molecule has 0 aliphatic carbocycles. The molecule has 1 N–H and O–H groups in total. The van der Waals surface area contributed by atoms with Crippen molar-refractivity contribution in [1.29, 1.82) is 0 Å². The first-order chi connectivity index (χ1) is 11.4. The van der Waals surface area contributed by atoms with Gasteiger partial charge in [-0.05, 0) is 26.0 Å². The molecule has 3 rings (SSSR count). The zero-order valence-electron chi connectivity index (χ0n) is 14.4. The number of rotatable bonds is 4. The average Bonchev–Trinajstić information content (AvgIpc) is 3.10. The van der Waals surface area contributed by atoms with Crippen LogP contribution >= 0.6 is 0 Å². The first-order valence-corrected chi connectivity index (χ1v) is 7.90.